The van der Waals surface area contributed by atoms with Crippen LogP contribution in [0.1, 0.15) is 18.9 Å². The van der Waals surface area contributed by atoms with Gasteiger partial charge in [-0.1, -0.05) is 46.9 Å². The van der Waals surface area contributed by atoms with E-state index in [0.29, 0.717) is 28.6 Å². The highest BCUT2D eigenvalue weighted by Crippen LogP contribution is 2.32. The number of halogens is 3. The van der Waals surface area contributed by atoms with E-state index >= 15 is 0 Å². The Kier molecular flexibility index (Phi) is 6.15. The summed E-state index contributed by atoms with van der Waals surface area (Å²) < 4.78 is 27.1. The Balaban J connectivity index is 1.74. The van der Waals surface area contributed by atoms with Gasteiger partial charge in [-0.25, -0.2) is 13.1 Å². The van der Waals surface area contributed by atoms with Crippen molar-refractivity contribution in [1.82, 2.24) is 9.62 Å². The molecule has 29 heavy (non-hydrogen) atoms. The van der Waals surface area contributed by atoms with Gasteiger partial charge in [0, 0.05) is 21.6 Å². The van der Waals surface area contributed by atoms with Crippen LogP contribution in [0.5, 0.6) is 0 Å². The van der Waals surface area contributed by atoms with Crippen LogP contribution in [0.2, 0.25) is 15.1 Å². The van der Waals surface area contributed by atoms with Crippen molar-refractivity contribution in [1.29, 1.82) is 0 Å². The van der Waals surface area contributed by atoms with Crippen LogP contribution in [0.25, 0.3) is 0 Å². The molecule has 2 amide bonds. The van der Waals surface area contributed by atoms with Crippen LogP contribution in [0.15, 0.2) is 47.4 Å². The molecule has 1 aliphatic heterocycles. The molecule has 2 aromatic carbocycles. The third-order valence-corrected chi connectivity index (χ3v) is 7.05. The summed E-state index contributed by atoms with van der Waals surface area (Å²) in [7, 11) is -4.12. The molecule has 10 heteroatoms. The van der Waals surface area contributed by atoms with E-state index in [-0.39, 0.29) is 22.2 Å². The van der Waals surface area contributed by atoms with Gasteiger partial charge >= 0.3 is 0 Å². The first-order valence-electron chi connectivity index (χ1n) is 8.60. The van der Waals surface area contributed by atoms with Crippen molar-refractivity contribution in [2.24, 2.45) is 0 Å². The van der Waals surface area contributed by atoms with E-state index in [1.54, 1.807) is 12.1 Å². The molecule has 0 bridgehead atoms. The average molecular weight is 476 g/mol. The Hall–Kier alpha value is -1.80. The van der Waals surface area contributed by atoms with Crippen molar-refractivity contribution in [3.63, 3.8) is 0 Å². The van der Waals surface area contributed by atoms with Gasteiger partial charge in [0.15, 0.2) is 0 Å². The molecule has 0 aromatic heterocycles. The van der Waals surface area contributed by atoms with Crippen LogP contribution >= 0.6 is 34.8 Å². The summed E-state index contributed by atoms with van der Waals surface area (Å²) in [4.78, 5) is 26.7. The maximum Gasteiger partial charge on any atom is 0.264 e. The molecule has 1 N–H and O–H groups in total. The zero-order valence-corrected chi connectivity index (χ0v) is 18.4. The average Bonchev–Trinajstić information content (AvgIpc) is 2.62. The number of rotatable bonds is 5. The predicted octanol–water partition coefficient (Wildman–Crippen LogP) is 3.69. The monoisotopic (exact) mass is 474 g/mol. The molecule has 1 aliphatic rings. The molecule has 1 saturated heterocycles. The third kappa shape index (κ3) is 4.53. The molecule has 2 aromatic rings. The van der Waals surface area contributed by atoms with Crippen molar-refractivity contribution >= 4 is 56.6 Å². The lowest BCUT2D eigenvalue weighted by molar-refractivity contribution is -0.156. The molecular weight excluding hydrogens is 459 g/mol. The van der Waals surface area contributed by atoms with Gasteiger partial charge in [-0.3, -0.25) is 9.59 Å². The molecule has 6 nitrogen and oxygen atoms in total. The van der Waals surface area contributed by atoms with Crippen molar-refractivity contribution in [2.75, 3.05) is 6.54 Å². The second-order valence-corrected chi connectivity index (χ2v) is 9.84. The largest absolute Gasteiger partial charge is 0.328 e. The topological polar surface area (TPSA) is 83.6 Å². The molecule has 1 atom stereocenters. The van der Waals surface area contributed by atoms with Gasteiger partial charge in [-0.2, -0.15) is 0 Å². The fourth-order valence-corrected chi connectivity index (χ4v) is 4.90. The lowest BCUT2D eigenvalue weighted by atomic mass is 9.85. The minimum Gasteiger partial charge on any atom is -0.328 e. The summed E-state index contributed by atoms with van der Waals surface area (Å²) in [5.41, 5.74) is -0.705. The number of nitrogens with zero attached hydrogens (tertiary/aromatic N) is 1. The molecule has 154 valence electrons. The van der Waals surface area contributed by atoms with Crippen molar-refractivity contribution in [3.8, 4) is 0 Å². The summed E-state index contributed by atoms with van der Waals surface area (Å²) >= 11 is 17.8. The maximum absolute atomic E-state index is 12.7. The van der Waals surface area contributed by atoms with Crippen LogP contribution in [-0.2, 0) is 26.0 Å². The van der Waals surface area contributed by atoms with E-state index in [4.69, 9.17) is 34.8 Å². The number of hydrogen-bond acceptors (Lipinski definition) is 4. The number of carbonyl (C=O) groups excluding carboxylic acids is 2. The minimum absolute atomic E-state index is 0.0279. The zero-order chi connectivity index (χ0) is 21.4. The van der Waals surface area contributed by atoms with Gasteiger partial charge < -0.3 is 4.90 Å². The first-order valence-corrected chi connectivity index (χ1v) is 11.2. The lowest BCUT2D eigenvalue weighted by Crippen LogP contribution is -2.68. The zero-order valence-electron chi connectivity index (χ0n) is 15.3. The summed E-state index contributed by atoms with van der Waals surface area (Å²) in [5.74, 6) is -1.11. The fourth-order valence-electron chi connectivity index (χ4n) is 3.04. The summed E-state index contributed by atoms with van der Waals surface area (Å²) in [6.07, 6.45) is 0.309. The Morgan fingerprint density at radius 2 is 1.79 bits per heavy atom. The Labute approximate surface area is 183 Å². The number of carbonyl (C=O) groups is 2. The molecule has 1 unspecified atom stereocenters. The molecule has 0 radical (unpaired) electrons. The van der Waals surface area contributed by atoms with Crippen molar-refractivity contribution < 1.29 is 18.0 Å². The van der Waals surface area contributed by atoms with Crippen LogP contribution < -0.4 is 4.72 Å². The first-order chi connectivity index (χ1) is 13.5. The summed E-state index contributed by atoms with van der Waals surface area (Å²) in [6, 6.07) is 10.4. The second-order valence-electron chi connectivity index (χ2n) is 6.87. The Morgan fingerprint density at radius 3 is 2.38 bits per heavy atom. The van der Waals surface area contributed by atoms with Gasteiger partial charge in [0.1, 0.15) is 5.54 Å². The minimum atomic E-state index is -4.12. The molecule has 0 aliphatic carbocycles. The number of likely N-dealkylation sites (tertiary alicyclic amines) is 1. The highest BCUT2D eigenvalue weighted by atomic mass is 35.5. The smallest absolute Gasteiger partial charge is 0.264 e. The lowest BCUT2D eigenvalue weighted by Gasteiger charge is -2.49. The fraction of sp³-hybridized carbons (Fsp3) is 0.263. The van der Waals surface area contributed by atoms with E-state index in [2.05, 4.69) is 0 Å². The SMILES string of the molecule is CC1(C(=O)NS(=O)(=O)c2cccc(Cl)c2)CCN1C(=O)Cc1ccc(Cl)cc1Cl. The molecule has 0 saturated carbocycles. The number of nitrogens with one attached hydrogen (secondary N) is 1. The number of benzene rings is 2. The summed E-state index contributed by atoms with van der Waals surface area (Å²) in [6.45, 7) is 1.87. The maximum atomic E-state index is 12.7. The quantitative estimate of drug-likeness (QED) is 0.715. The molecule has 1 fully saturated rings. The van der Waals surface area contributed by atoms with Crippen LogP contribution in [0, 0.1) is 0 Å². The van der Waals surface area contributed by atoms with E-state index in [0.717, 1.165) is 0 Å². The van der Waals surface area contributed by atoms with Crippen molar-refractivity contribution in [3.05, 3.63) is 63.1 Å². The number of amides is 2. The van der Waals surface area contributed by atoms with Crippen LogP contribution in [-0.4, -0.2) is 37.2 Å². The molecule has 1 heterocycles. The van der Waals surface area contributed by atoms with E-state index in [1.807, 2.05) is 4.72 Å². The van der Waals surface area contributed by atoms with E-state index in [9.17, 15) is 18.0 Å². The van der Waals surface area contributed by atoms with Crippen LogP contribution in [0.3, 0.4) is 0 Å². The van der Waals surface area contributed by atoms with Gasteiger partial charge in [-0.15, -0.1) is 0 Å². The van der Waals surface area contributed by atoms with Gasteiger partial charge in [0.25, 0.3) is 15.9 Å². The standard InChI is InChI=1S/C19H17Cl3N2O4S/c1-19(18(26)23-29(27,28)15-4-2-3-13(20)10-15)7-8-24(19)17(25)9-12-5-6-14(21)11-16(12)22/h2-6,10-11H,7-9H2,1H3,(H,23,26). The van der Waals surface area contributed by atoms with E-state index < -0.39 is 21.5 Å². The number of hydrogen-bond donors (Lipinski definition) is 1. The normalized spacial score (nSPS) is 18.8. The second kappa shape index (κ2) is 8.14. The van der Waals surface area contributed by atoms with Crippen molar-refractivity contribution in [2.45, 2.75) is 30.2 Å². The summed E-state index contributed by atoms with van der Waals surface area (Å²) in [5, 5.41) is 1.03. The predicted molar refractivity (Wildman–Crippen MR) is 112 cm³/mol. The highest BCUT2D eigenvalue weighted by Gasteiger charge is 2.50. The number of sulfonamides is 1. The molecule has 0 spiro atoms. The van der Waals surface area contributed by atoms with Gasteiger partial charge in [0.2, 0.25) is 5.91 Å². The Morgan fingerprint density at radius 1 is 1.10 bits per heavy atom. The molecule has 3 rings (SSSR count). The Bertz CT molecular complexity index is 1090. The highest BCUT2D eigenvalue weighted by molar-refractivity contribution is 7.90. The third-order valence-electron chi connectivity index (χ3n) is 4.90. The van der Waals surface area contributed by atoms with Gasteiger partial charge in [0.05, 0.1) is 11.3 Å². The first kappa shape index (κ1) is 21.9. The van der Waals surface area contributed by atoms with Gasteiger partial charge in [-0.05, 0) is 49.2 Å². The van der Waals surface area contributed by atoms with Crippen LogP contribution in [0.4, 0.5) is 0 Å². The van der Waals surface area contributed by atoms with E-state index in [1.165, 1.54) is 42.2 Å². The molecular formula is C19H17Cl3N2O4S.